The molecule has 4 heterocycles. The normalized spacial score (nSPS) is 14.6. The predicted molar refractivity (Wildman–Crippen MR) is 186 cm³/mol. The lowest BCUT2D eigenvalue weighted by Gasteiger charge is -2.45. The van der Waals surface area contributed by atoms with Gasteiger partial charge in [0.05, 0.1) is 22.8 Å². The molecule has 5 aromatic rings. The van der Waals surface area contributed by atoms with Crippen molar-refractivity contribution >= 4 is 62.6 Å². The number of nitrogens with zero attached hydrogens (tertiary/aromatic N) is 6. The van der Waals surface area contributed by atoms with Crippen molar-refractivity contribution < 1.29 is 46.1 Å². The molecule has 11 nitrogen and oxygen atoms in total. The van der Waals surface area contributed by atoms with Crippen LogP contribution in [0.1, 0.15) is 13.8 Å². The zero-order valence-electron chi connectivity index (χ0n) is 27.4. The number of halogens is 6. The van der Waals surface area contributed by atoms with Crippen LogP contribution in [0.3, 0.4) is 0 Å². The Morgan fingerprint density at radius 3 is 1.88 bits per heavy atom. The Labute approximate surface area is 297 Å². The molecule has 6 rings (SSSR count). The lowest BCUT2D eigenvalue weighted by atomic mass is 10.00. The first-order valence-corrected chi connectivity index (χ1v) is 15.8. The molecule has 1 saturated heterocycles. The Hall–Kier alpha value is -5.65. The first-order valence-electron chi connectivity index (χ1n) is 15.4. The van der Waals surface area contributed by atoms with Crippen LogP contribution < -0.4 is 10.2 Å². The summed E-state index contributed by atoms with van der Waals surface area (Å²) in [5.74, 6) is -4.22. The van der Waals surface area contributed by atoms with E-state index in [1.165, 1.54) is 0 Å². The van der Waals surface area contributed by atoms with Gasteiger partial charge < -0.3 is 25.3 Å². The molecule has 0 spiro atoms. The van der Waals surface area contributed by atoms with Crippen LogP contribution in [0.15, 0.2) is 85.2 Å². The van der Waals surface area contributed by atoms with E-state index in [9.17, 15) is 26.3 Å². The molecule has 0 aliphatic carbocycles. The van der Waals surface area contributed by atoms with Gasteiger partial charge in [-0.1, -0.05) is 38.1 Å². The molecule has 18 heteroatoms. The summed E-state index contributed by atoms with van der Waals surface area (Å²) in [5.41, 5.74) is 4.78. The van der Waals surface area contributed by atoms with Crippen molar-refractivity contribution in [2.45, 2.75) is 32.2 Å². The second-order valence-corrected chi connectivity index (χ2v) is 11.9. The first-order chi connectivity index (χ1) is 24.5. The maximum absolute atomic E-state index is 10.6. The monoisotopic (exact) mass is 747 g/mol. The number of alkyl halides is 6. The van der Waals surface area contributed by atoms with E-state index >= 15 is 0 Å². The van der Waals surface area contributed by atoms with Gasteiger partial charge in [-0.3, -0.25) is 9.97 Å². The minimum atomic E-state index is -5.08. The highest BCUT2D eigenvalue weighted by atomic mass is 32.1. The second kappa shape index (κ2) is 16.6. The highest BCUT2D eigenvalue weighted by Crippen LogP contribution is 2.28. The Kier molecular flexibility index (Phi) is 12.5. The Morgan fingerprint density at radius 1 is 0.788 bits per heavy atom. The zero-order chi connectivity index (χ0) is 38.2. The lowest BCUT2D eigenvalue weighted by Crippen LogP contribution is -2.58. The van der Waals surface area contributed by atoms with Gasteiger partial charge in [-0.05, 0) is 66.7 Å². The molecular weight excluding hydrogens is 716 g/mol. The van der Waals surface area contributed by atoms with Crippen molar-refractivity contribution in [3.8, 4) is 11.3 Å². The smallest absolute Gasteiger partial charge is 0.475 e. The summed E-state index contributed by atoms with van der Waals surface area (Å²) in [6, 6.07) is 24.6. The predicted octanol–water partition coefficient (Wildman–Crippen LogP) is 7.05. The van der Waals surface area contributed by atoms with E-state index in [0.717, 1.165) is 69.3 Å². The summed E-state index contributed by atoms with van der Waals surface area (Å²) in [5, 5.41) is 29.9. The third-order valence-corrected chi connectivity index (χ3v) is 8.05. The number of carboxylic acids is 2. The van der Waals surface area contributed by atoms with Crippen molar-refractivity contribution in [1.82, 2.24) is 25.1 Å². The van der Waals surface area contributed by atoms with E-state index in [2.05, 4.69) is 85.5 Å². The van der Waals surface area contributed by atoms with E-state index in [-0.39, 0.29) is 6.04 Å². The highest BCUT2D eigenvalue weighted by molar-refractivity contribution is 7.80. The van der Waals surface area contributed by atoms with Crippen LogP contribution >= 0.6 is 12.2 Å². The summed E-state index contributed by atoms with van der Waals surface area (Å²) in [7, 11) is 0. The Morgan fingerprint density at radius 2 is 1.35 bits per heavy atom. The number of fused-ring (bicyclic) bond motifs is 2. The molecule has 3 N–H and O–H groups in total. The van der Waals surface area contributed by atoms with Crippen molar-refractivity contribution in [2.75, 3.05) is 29.9 Å². The SMILES string of the molecule is CC(C)C1CN(c2ccc(-c3cccc4ncccc34)nn2)CCN1C(=S)Nc1cccc2ncccc12.O=C(O)C(F)(F)F.O=C(O)C(F)(F)F. The van der Waals surface area contributed by atoms with Crippen LogP contribution in [0.4, 0.5) is 37.8 Å². The number of piperazine rings is 1. The number of pyridine rings is 2. The van der Waals surface area contributed by atoms with Crippen LogP contribution in [0.25, 0.3) is 33.1 Å². The van der Waals surface area contributed by atoms with Gasteiger partial charge in [-0.15, -0.1) is 10.2 Å². The Bertz CT molecular complexity index is 2000. The number of aliphatic carboxylic acids is 2. The number of anilines is 2. The van der Waals surface area contributed by atoms with Crippen molar-refractivity contribution in [3.05, 3.63) is 85.2 Å². The molecule has 1 aliphatic rings. The minimum absolute atomic E-state index is 0.238. The van der Waals surface area contributed by atoms with Gasteiger partial charge in [0.2, 0.25) is 0 Å². The molecule has 1 aliphatic heterocycles. The molecule has 1 fully saturated rings. The summed E-state index contributed by atoms with van der Waals surface area (Å²) in [4.78, 5) is 31.4. The van der Waals surface area contributed by atoms with Crippen LogP contribution in [0, 0.1) is 5.92 Å². The number of rotatable bonds is 4. The summed E-state index contributed by atoms with van der Waals surface area (Å²) in [6.45, 7) is 6.93. The molecule has 1 atom stereocenters. The maximum atomic E-state index is 10.6. The maximum Gasteiger partial charge on any atom is 0.490 e. The number of carboxylic acid groups (broad SMARTS) is 2. The van der Waals surface area contributed by atoms with Crippen LogP contribution in [-0.4, -0.2) is 90.4 Å². The van der Waals surface area contributed by atoms with Gasteiger partial charge >= 0.3 is 24.3 Å². The molecule has 1 unspecified atom stereocenters. The van der Waals surface area contributed by atoms with Gasteiger partial charge in [0.1, 0.15) is 0 Å². The van der Waals surface area contributed by atoms with Gasteiger partial charge in [0.15, 0.2) is 10.9 Å². The first kappa shape index (κ1) is 39.1. The molecule has 0 amide bonds. The van der Waals surface area contributed by atoms with Crippen LogP contribution in [0.5, 0.6) is 0 Å². The molecule has 52 heavy (non-hydrogen) atoms. The molecule has 0 saturated carbocycles. The quantitative estimate of drug-likeness (QED) is 0.128. The molecule has 3 aromatic heterocycles. The fraction of sp³-hybridized carbons (Fsp3) is 0.265. The molecule has 2 aromatic carbocycles. The number of carbonyl (C=O) groups is 2. The third kappa shape index (κ3) is 9.99. The van der Waals surface area contributed by atoms with E-state index in [0.29, 0.717) is 5.92 Å². The number of thiocarbonyl (C=S) groups is 1. The van der Waals surface area contributed by atoms with E-state index in [1.54, 1.807) is 0 Å². The van der Waals surface area contributed by atoms with Crippen molar-refractivity contribution in [1.29, 1.82) is 0 Å². The number of hydrogen-bond acceptors (Lipinski definition) is 8. The topological polar surface area (TPSA) is 145 Å². The highest BCUT2D eigenvalue weighted by Gasteiger charge is 2.39. The minimum Gasteiger partial charge on any atom is -0.475 e. The Balaban J connectivity index is 0.000000367. The zero-order valence-corrected chi connectivity index (χ0v) is 28.2. The lowest BCUT2D eigenvalue weighted by molar-refractivity contribution is -0.193. The van der Waals surface area contributed by atoms with Crippen molar-refractivity contribution in [2.24, 2.45) is 5.92 Å². The van der Waals surface area contributed by atoms with Crippen molar-refractivity contribution in [3.63, 3.8) is 0 Å². The van der Waals surface area contributed by atoms with E-state index in [4.69, 9.17) is 32.0 Å². The largest absolute Gasteiger partial charge is 0.490 e. The van der Waals surface area contributed by atoms with Gasteiger partial charge in [0, 0.05) is 54.1 Å². The van der Waals surface area contributed by atoms with Crippen LogP contribution in [-0.2, 0) is 9.59 Å². The fourth-order valence-corrected chi connectivity index (χ4v) is 5.54. The van der Waals surface area contributed by atoms with E-state index in [1.807, 2.05) is 48.8 Å². The summed E-state index contributed by atoms with van der Waals surface area (Å²) >= 11 is 5.92. The average Bonchev–Trinajstić information content (AvgIpc) is 3.11. The molecule has 0 bridgehead atoms. The summed E-state index contributed by atoms with van der Waals surface area (Å²) in [6.07, 6.45) is -6.54. The van der Waals surface area contributed by atoms with Gasteiger partial charge in [-0.2, -0.15) is 26.3 Å². The van der Waals surface area contributed by atoms with Gasteiger partial charge in [0.25, 0.3) is 0 Å². The second-order valence-electron chi connectivity index (χ2n) is 11.5. The molecule has 0 radical (unpaired) electrons. The summed E-state index contributed by atoms with van der Waals surface area (Å²) < 4.78 is 63.5. The standard InChI is InChI=1S/C30H29N7S.2C2HF3O2/c1-20(2)28-19-36(17-18-37(28)30(38)33-26-12-4-11-25-23(26)9-6-16-32-25)29-14-13-27(34-35-29)22-7-3-10-24-21(22)8-5-15-31-24;2*3-2(4,5)1(6)7/h3-16,20,28H,17-19H2,1-2H3,(H,33,38);2*(H,6,7). The average molecular weight is 748 g/mol. The van der Waals surface area contributed by atoms with Crippen LogP contribution in [0.2, 0.25) is 0 Å². The van der Waals surface area contributed by atoms with E-state index < -0.39 is 24.3 Å². The molecular formula is C34H31F6N7O4S. The third-order valence-electron chi connectivity index (χ3n) is 7.72. The number of aromatic nitrogens is 4. The number of nitrogens with one attached hydrogen (secondary N) is 1. The number of hydrogen-bond donors (Lipinski definition) is 3. The fourth-order valence-electron chi connectivity index (χ4n) is 5.20. The molecule has 274 valence electrons. The number of benzene rings is 2. The van der Waals surface area contributed by atoms with Gasteiger partial charge in [-0.25, -0.2) is 9.59 Å².